The second-order valence-corrected chi connectivity index (χ2v) is 15.0. The van der Waals surface area contributed by atoms with Crippen LogP contribution in [0.2, 0.25) is 0 Å². The normalized spacial score (nSPS) is 13.1. The van der Waals surface area contributed by atoms with Crippen LogP contribution in [-0.4, -0.2) is 4.57 Å². The summed E-state index contributed by atoms with van der Waals surface area (Å²) in [6.07, 6.45) is 0.922. The zero-order chi connectivity index (χ0) is 36.2. The molecule has 258 valence electrons. The monoisotopic (exact) mass is 692 g/mol. The van der Waals surface area contributed by atoms with Gasteiger partial charge in [0.1, 0.15) is 0 Å². The highest BCUT2D eigenvalue weighted by atomic mass is 15.1. The molecule has 9 aromatic rings. The zero-order valence-corrected chi connectivity index (χ0v) is 30.6. The molecule has 0 bridgehead atoms. The molecule has 2 heteroatoms. The summed E-state index contributed by atoms with van der Waals surface area (Å²) < 4.78 is 2.44. The number of fused-ring (bicyclic) bond motifs is 5. The van der Waals surface area contributed by atoms with Gasteiger partial charge in [-0.2, -0.15) is 0 Å². The maximum absolute atomic E-state index is 2.45. The average Bonchev–Trinajstić information content (AvgIpc) is 3.57. The Morgan fingerprint density at radius 1 is 0.407 bits per heavy atom. The van der Waals surface area contributed by atoms with Gasteiger partial charge < -0.3 is 9.47 Å². The van der Waals surface area contributed by atoms with E-state index in [-0.39, 0.29) is 5.41 Å². The van der Waals surface area contributed by atoms with Crippen molar-refractivity contribution in [3.05, 3.63) is 216 Å². The fourth-order valence-corrected chi connectivity index (χ4v) is 8.74. The molecule has 2 nitrogen and oxygen atoms in total. The first kappa shape index (κ1) is 32.0. The lowest BCUT2D eigenvalue weighted by atomic mass is 9.68. The Morgan fingerprint density at radius 3 is 1.46 bits per heavy atom. The fourth-order valence-electron chi connectivity index (χ4n) is 8.74. The Labute approximate surface area is 317 Å². The van der Waals surface area contributed by atoms with Gasteiger partial charge in [-0.05, 0) is 112 Å². The van der Waals surface area contributed by atoms with Crippen molar-refractivity contribution in [3.63, 3.8) is 0 Å². The Bertz CT molecular complexity index is 2740. The summed E-state index contributed by atoms with van der Waals surface area (Å²) in [5.74, 6) is 0. The number of anilines is 3. The van der Waals surface area contributed by atoms with E-state index < -0.39 is 0 Å². The zero-order valence-electron chi connectivity index (χ0n) is 30.6. The molecule has 54 heavy (non-hydrogen) atoms. The number of nitrogens with zero attached hydrogens (tertiary/aromatic N) is 2. The predicted octanol–water partition coefficient (Wildman–Crippen LogP) is 13.8. The quantitative estimate of drug-likeness (QED) is 0.168. The number of benzene rings is 8. The highest BCUT2D eigenvalue weighted by Crippen LogP contribution is 2.46. The van der Waals surface area contributed by atoms with Gasteiger partial charge in [-0.3, -0.25) is 0 Å². The molecule has 0 aliphatic heterocycles. The summed E-state index contributed by atoms with van der Waals surface area (Å²) in [6.45, 7) is 4.79. The van der Waals surface area contributed by atoms with Crippen LogP contribution in [0.1, 0.15) is 36.1 Å². The van der Waals surface area contributed by atoms with Crippen molar-refractivity contribution in [1.82, 2.24) is 4.57 Å². The molecular weight excluding hydrogens is 653 g/mol. The summed E-state index contributed by atoms with van der Waals surface area (Å²) in [4.78, 5) is 2.39. The van der Waals surface area contributed by atoms with Gasteiger partial charge in [-0.15, -0.1) is 0 Å². The highest BCUT2D eigenvalue weighted by Gasteiger charge is 2.34. The van der Waals surface area contributed by atoms with E-state index in [1.807, 2.05) is 0 Å². The molecule has 1 aliphatic rings. The van der Waals surface area contributed by atoms with Gasteiger partial charge in [0.15, 0.2) is 0 Å². The molecule has 0 fully saturated rings. The number of hydrogen-bond donors (Lipinski definition) is 0. The van der Waals surface area contributed by atoms with Crippen molar-refractivity contribution in [2.75, 3.05) is 4.90 Å². The van der Waals surface area contributed by atoms with Gasteiger partial charge in [-0.25, -0.2) is 0 Å². The van der Waals surface area contributed by atoms with E-state index in [0.717, 1.165) is 23.5 Å². The van der Waals surface area contributed by atoms with Crippen LogP contribution in [0.4, 0.5) is 17.1 Å². The van der Waals surface area contributed by atoms with Gasteiger partial charge in [-0.1, -0.05) is 147 Å². The fraction of sp³-hybridized carbons (Fsp3) is 0.0769. The Balaban J connectivity index is 1.02. The van der Waals surface area contributed by atoms with E-state index in [9.17, 15) is 0 Å². The summed E-state index contributed by atoms with van der Waals surface area (Å²) >= 11 is 0. The third-order valence-corrected chi connectivity index (χ3v) is 11.5. The third kappa shape index (κ3) is 5.33. The van der Waals surface area contributed by atoms with Crippen LogP contribution in [-0.2, 0) is 11.8 Å². The molecule has 0 atom stereocenters. The van der Waals surface area contributed by atoms with Gasteiger partial charge >= 0.3 is 0 Å². The largest absolute Gasteiger partial charge is 0.310 e. The summed E-state index contributed by atoms with van der Waals surface area (Å²) in [5.41, 5.74) is 17.4. The Morgan fingerprint density at radius 2 is 0.852 bits per heavy atom. The van der Waals surface area contributed by atoms with Crippen molar-refractivity contribution in [2.24, 2.45) is 0 Å². The maximum atomic E-state index is 2.45. The van der Waals surface area contributed by atoms with E-state index in [1.165, 1.54) is 72.0 Å². The second kappa shape index (κ2) is 12.8. The molecule has 8 aromatic carbocycles. The van der Waals surface area contributed by atoms with E-state index in [0.29, 0.717) is 0 Å². The summed E-state index contributed by atoms with van der Waals surface area (Å²) in [7, 11) is 0. The SMILES string of the molecule is CC1(C)c2cc(N(c3ccccc3)c3ccc(-c4ccc(-c5ccccc5)cc4)cc3)ccc2Cc2ccc(-n3c4ccccc4c4ccccc43)cc21. The van der Waals surface area contributed by atoms with Crippen LogP contribution in [0.15, 0.2) is 194 Å². The molecule has 0 saturated carbocycles. The molecular formula is C52H40N2. The van der Waals surface area contributed by atoms with Gasteiger partial charge in [0.05, 0.1) is 11.0 Å². The van der Waals surface area contributed by atoms with Crippen LogP contribution in [0.25, 0.3) is 49.7 Å². The van der Waals surface area contributed by atoms with Crippen molar-refractivity contribution >= 4 is 38.9 Å². The van der Waals surface area contributed by atoms with E-state index >= 15 is 0 Å². The van der Waals surface area contributed by atoms with Crippen LogP contribution >= 0.6 is 0 Å². The van der Waals surface area contributed by atoms with Gasteiger partial charge in [0, 0.05) is 38.9 Å². The summed E-state index contributed by atoms with van der Waals surface area (Å²) in [5, 5.41) is 2.57. The lowest BCUT2D eigenvalue weighted by Gasteiger charge is -2.37. The minimum Gasteiger partial charge on any atom is -0.310 e. The van der Waals surface area contributed by atoms with Gasteiger partial charge in [0.25, 0.3) is 0 Å². The minimum atomic E-state index is -0.203. The number of rotatable bonds is 6. The first-order valence-corrected chi connectivity index (χ1v) is 18.9. The van der Waals surface area contributed by atoms with Crippen LogP contribution in [0, 0.1) is 0 Å². The van der Waals surface area contributed by atoms with E-state index in [1.54, 1.807) is 0 Å². The van der Waals surface area contributed by atoms with Gasteiger partial charge in [0.2, 0.25) is 0 Å². The number of aromatic nitrogens is 1. The molecule has 0 amide bonds. The lowest BCUT2D eigenvalue weighted by molar-refractivity contribution is 0.610. The molecule has 0 unspecified atom stereocenters. The predicted molar refractivity (Wildman–Crippen MR) is 228 cm³/mol. The molecule has 1 aromatic heterocycles. The van der Waals surface area contributed by atoms with Crippen molar-refractivity contribution in [3.8, 4) is 27.9 Å². The Kier molecular flexibility index (Phi) is 7.59. The molecule has 0 saturated heterocycles. The minimum absolute atomic E-state index is 0.203. The van der Waals surface area contributed by atoms with Crippen LogP contribution in [0.3, 0.4) is 0 Å². The third-order valence-electron chi connectivity index (χ3n) is 11.5. The molecule has 10 rings (SSSR count). The first-order valence-electron chi connectivity index (χ1n) is 18.9. The standard InChI is InChI=1S/C52H40N2/c1-52(2)48-34-44(31-27-40(48)33-41-28-32-45(35-49(41)52)54-50-19-11-9-17-46(50)47-18-10-12-20-51(47)54)53(42-15-7-4-8-16-42)43-29-25-39(26-30-43)38-23-21-37(22-24-38)36-13-5-3-6-14-36/h3-32,34-35H,33H2,1-2H3. The molecule has 1 aliphatic carbocycles. The number of para-hydroxylation sites is 3. The van der Waals surface area contributed by atoms with Crippen molar-refractivity contribution < 1.29 is 0 Å². The molecule has 0 N–H and O–H groups in total. The molecule has 0 radical (unpaired) electrons. The number of hydrogen-bond acceptors (Lipinski definition) is 1. The highest BCUT2D eigenvalue weighted by molar-refractivity contribution is 6.09. The van der Waals surface area contributed by atoms with Crippen LogP contribution in [0.5, 0.6) is 0 Å². The van der Waals surface area contributed by atoms with Crippen molar-refractivity contribution in [2.45, 2.75) is 25.7 Å². The summed E-state index contributed by atoms with van der Waals surface area (Å²) in [6, 6.07) is 70.9. The van der Waals surface area contributed by atoms with Crippen molar-refractivity contribution in [1.29, 1.82) is 0 Å². The average molecular weight is 693 g/mol. The topological polar surface area (TPSA) is 8.17 Å². The lowest BCUT2D eigenvalue weighted by Crippen LogP contribution is -2.28. The smallest absolute Gasteiger partial charge is 0.0541 e. The van der Waals surface area contributed by atoms with E-state index in [2.05, 4.69) is 217 Å². The maximum Gasteiger partial charge on any atom is 0.0541 e. The second-order valence-electron chi connectivity index (χ2n) is 15.0. The van der Waals surface area contributed by atoms with E-state index in [4.69, 9.17) is 0 Å². The molecule has 0 spiro atoms. The first-order chi connectivity index (χ1) is 26.5. The molecule has 1 heterocycles. The van der Waals surface area contributed by atoms with Crippen LogP contribution < -0.4 is 4.90 Å². The Hall–Kier alpha value is -6.64.